The molecule has 2 aromatic rings. The maximum absolute atomic E-state index is 14.3. The van der Waals surface area contributed by atoms with Crippen molar-refractivity contribution in [2.24, 2.45) is 0 Å². The molecule has 0 aliphatic carbocycles. The van der Waals surface area contributed by atoms with Crippen LogP contribution in [0.5, 0.6) is 0 Å². The van der Waals surface area contributed by atoms with Crippen molar-refractivity contribution in [3.8, 4) is 0 Å². The van der Waals surface area contributed by atoms with Crippen LogP contribution in [0.25, 0.3) is 0 Å². The first-order valence-corrected chi connectivity index (χ1v) is 17.3. The van der Waals surface area contributed by atoms with Gasteiger partial charge in [0.2, 0.25) is 0 Å². The largest absolute Gasteiger partial charge is 0.458 e. The summed E-state index contributed by atoms with van der Waals surface area (Å²) in [5, 5.41) is 2.69. The molecule has 0 aliphatic rings. The summed E-state index contributed by atoms with van der Waals surface area (Å²) in [4.78, 5) is 62.0. The third-order valence-electron chi connectivity index (χ3n) is 7.12. The van der Waals surface area contributed by atoms with E-state index in [1.54, 1.807) is 32.9 Å². The molecule has 0 spiro atoms. The van der Waals surface area contributed by atoms with E-state index >= 15 is 0 Å². The molecule has 0 saturated carbocycles. The molecule has 53 heavy (non-hydrogen) atoms. The molecule has 0 aliphatic heterocycles. The molecule has 14 heteroatoms. The second-order valence-electron chi connectivity index (χ2n) is 14.6. The summed E-state index contributed by atoms with van der Waals surface area (Å²) in [5.41, 5.74) is -2.46. The minimum atomic E-state index is -1.77. The molecule has 0 unspecified atom stereocenters. The normalized spacial score (nSPS) is 13.8. The summed E-state index contributed by atoms with van der Waals surface area (Å²) in [6, 6.07) is 16.1. The monoisotopic (exact) mass is 750 g/mol. The van der Waals surface area contributed by atoms with Crippen molar-refractivity contribution in [3.05, 3.63) is 71.8 Å². The average Bonchev–Trinajstić information content (AvgIpc) is 3.06. The standard InChI is InChI=1S/C22H32FNO6.C17H24FNO4/c1-15(18(25)28-14-16-11-9-8-10-12-16)29-19(26)17(13-22(5,6)23)24(7)20(27)30-21(2,3)4;1-12(15(20)22-11-13-8-6-5-7-9-13)23-16(21)14(19-4)10-17(2,3)18/h8-12,15,17H,13-14H2,1-7H3;5-9,12,14,19H,10-11H2,1-4H3/t15-,17+;12-,14+/m11/s1. The Kier molecular flexibility index (Phi) is 18.6. The number of hydrogen-bond donors (Lipinski definition) is 1. The number of likely N-dealkylation sites (N-methyl/N-ethyl adjacent to an activating group) is 2. The summed E-state index contributed by atoms with van der Waals surface area (Å²) in [6.07, 6.45) is -3.45. The average molecular weight is 751 g/mol. The van der Waals surface area contributed by atoms with E-state index < -0.39 is 71.2 Å². The Labute approximate surface area is 311 Å². The fourth-order valence-electron chi connectivity index (χ4n) is 4.39. The number of nitrogens with one attached hydrogen (secondary N) is 1. The van der Waals surface area contributed by atoms with Crippen molar-refractivity contribution in [3.63, 3.8) is 0 Å². The Morgan fingerprint density at radius 1 is 0.660 bits per heavy atom. The fraction of sp³-hybridized carbons (Fsp3) is 0.564. The van der Waals surface area contributed by atoms with E-state index in [-0.39, 0.29) is 26.1 Å². The highest BCUT2D eigenvalue weighted by atomic mass is 19.1. The van der Waals surface area contributed by atoms with Crippen molar-refractivity contribution in [2.45, 2.75) is 130 Å². The van der Waals surface area contributed by atoms with Crippen LogP contribution in [-0.2, 0) is 56.1 Å². The Bertz CT molecular complexity index is 1450. The van der Waals surface area contributed by atoms with Crippen LogP contribution in [0.2, 0.25) is 0 Å². The van der Waals surface area contributed by atoms with E-state index in [0.29, 0.717) is 0 Å². The number of rotatable bonds is 16. The Balaban J connectivity index is 0.000000549. The zero-order valence-electron chi connectivity index (χ0n) is 32.7. The molecule has 0 bridgehead atoms. The molecule has 0 aromatic heterocycles. The van der Waals surface area contributed by atoms with Crippen LogP contribution in [0.3, 0.4) is 0 Å². The molecule has 2 rings (SSSR count). The molecule has 296 valence electrons. The lowest BCUT2D eigenvalue weighted by atomic mass is 10.00. The molecule has 2 aromatic carbocycles. The first-order chi connectivity index (χ1) is 24.4. The third-order valence-corrected chi connectivity index (χ3v) is 7.12. The summed E-state index contributed by atoms with van der Waals surface area (Å²) in [7, 11) is 2.86. The van der Waals surface area contributed by atoms with Crippen molar-refractivity contribution in [1.82, 2.24) is 10.2 Å². The molecular weight excluding hydrogens is 694 g/mol. The number of carbonyl (C=O) groups is 5. The number of esters is 4. The quantitative estimate of drug-likeness (QED) is 0.150. The first-order valence-electron chi connectivity index (χ1n) is 17.3. The molecule has 1 amide bonds. The number of nitrogens with zero attached hydrogens (tertiary/aromatic N) is 1. The van der Waals surface area contributed by atoms with E-state index in [4.69, 9.17) is 23.7 Å². The van der Waals surface area contributed by atoms with E-state index in [9.17, 15) is 32.8 Å². The van der Waals surface area contributed by atoms with Crippen LogP contribution in [0, 0.1) is 0 Å². The van der Waals surface area contributed by atoms with Crippen molar-refractivity contribution < 1.29 is 56.4 Å². The highest BCUT2D eigenvalue weighted by Gasteiger charge is 2.38. The molecular formula is C39H56F2N2O10. The molecule has 0 saturated heterocycles. The van der Waals surface area contributed by atoms with Crippen LogP contribution >= 0.6 is 0 Å². The molecule has 0 heterocycles. The number of ether oxygens (including phenoxy) is 5. The second-order valence-corrected chi connectivity index (χ2v) is 14.6. The number of halogens is 2. The number of amides is 1. The predicted molar refractivity (Wildman–Crippen MR) is 194 cm³/mol. The molecule has 4 atom stereocenters. The lowest BCUT2D eigenvalue weighted by Gasteiger charge is -2.32. The van der Waals surface area contributed by atoms with Gasteiger partial charge in [0.15, 0.2) is 12.2 Å². The zero-order valence-corrected chi connectivity index (χ0v) is 32.7. The van der Waals surface area contributed by atoms with Gasteiger partial charge in [0, 0.05) is 19.9 Å². The van der Waals surface area contributed by atoms with E-state index in [1.165, 1.54) is 55.6 Å². The summed E-state index contributed by atoms with van der Waals surface area (Å²) in [6.45, 7) is 13.3. The van der Waals surface area contributed by atoms with Gasteiger partial charge in [-0.05, 0) is 80.5 Å². The number of benzene rings is 2. The lowest BCUT2D eigenvalue weighted by Crippen LogP contribution is -2.49. The summed E-state index contributed by atoms with van der Waals surface area (Å²) in [5.74, 6) is -2.98. The smallest absolute Gasteiger partial charge is 0.410 e. The number of hydrogen-bond acceptors (Lipinski definition) is 11. The van der Waals surface area contributed by atoms with Crippen LogP contribution < -0.4 is 5.32 Å². The van der Waals surface area contributed by atoms with Crippen molar-refractivity contribution >= 4 is 30.0 Å². The van der Waals surface area contributed by atoms with Crippen molar-refractivity contribution in [2.75, 3.05) is 14.1 Å². The van der Waals surface area contributed by atoms with Gasteiger partial charge in [0.25, 0.3) is 0 Å². The minimum absolute atomic E-state index is 0.0281. The van der Waals surface area contributed by atoms with E-state index in [0.717, 1.165) is 16.0 Å². The van der Waals surface area contributed by atoms with E-state index in [2.05, 4.69) is 5.32 Å². The van der Waals surface area contributed by atoms with Crippen LogP contribution in [0.1, 0.15) is 86.3 Å². The highest BCUT2D eigenvalue weighted by Crippen LogP contribution is 2.23. The van der Waals surface area contributed by atoms with E-state index in [1.807, 2.05) is 48.5 Å². The molecule has 12 nitrogen and oxygen atoms in total. The maximum atomic E-state index is 14.3. The van der Waals surface area contributed by atoms with Gasteiger partial charge in [-0.3, -0.25) is 9.69 Å². The van der Waals surface area contributed by atoms with Crippen LogP contribution in [0.15, 0.2) is 60.7 Å². The predicted octanol–water partition coefficient (Wildman–Crippen LogP) is 6.42. The number of alkyl halides is 2. The van der Waals surface area contributed by atoms with Crippen LogP contribution in [-0.4, -0.2) is 90.2 Å². The summed E-state index contributed by atoms with van der Waals surface area (Å²) >= 11 is 0. The Hall–Kier alpha value is -4.59. The third kappa shape index (κ3) is 19.7. The van der Waals surface area contributed by atoms with Crippen LogP contribution in [0.4, 0.5) is 13.6 Å². The Morgan fingerprint density at radius 2 is 1.06 bits per heavy atom. The fourth-order valence-corrected chi connectivity index (χ4v) is 4.39. The molecule has 0 fully saturated rings. The van der Waals surface area contributed by atoms with Gasteiger partial charge in [-0.1, -0.05) is 60.7 Å². The van der Waals surface area contributed by atoms with Gasteiger partial charge >= 0.3 is 30.0 Å². The second kappa shape index (κ2) is 21.2. The van der Waals surface area contributed by atoms with Gasteiger partial charge in [0.1, 0.15) is 42.2 Å². The lowest BCUT2D eigenvalue weighted by molar-refractivity contribution is -0.170. The zero-order chi connectivity index (χ0) is 40.6. The minimum Gasteiger partial charge on any atom is -0.458 e. The van der Waals surface area contributed by atoms with Crippen molar-refractivity contribution in [1.29, 1.82) is 0 Å². The SMILES string of the molecule is CN[C@@H](CC(C)(C)F)C(=O)O[C@H](C)C(=O)OCc1ccccc1.C[C@@H](OC(=O)[C@H](CC(C)(C)F)N(C)C(=O)OC(C)(C)C)C(=O)OCc1ccccc1. The van der Waals surface area contributed by atoms with Gasteiger partial charge in [-0.15, -0.1) is 0 Å². The Morgan fingerprint density at radius 3 is 1.42 bits per heavy atom. The van der Waals surface area contributed by atoms with Gasteiger partial charge in [0.05, 0.1) is 0 Å². The first kappa shape index (κ1) is 46.4. The van der Waals surface area contributed by atoms with Gasteiger partial charge < -0.3 is 29.0 Å². The van der Waals surface area contributed by atoms with Gasteiger partial charge in [-0.2, -0.15) is 0 Å². The number of carbonyl (C=O) groups excluding carboxylic acids is 5. The summed E-state index contributed by atoms with van der Waals surface area (Å²) < 4.78 is 53.7. The maximum Gasteiger partial charge on any atom is 0.410 e. The molecule has 1 N–H and O–H groups in total. The molecule has 0 radical (unpaired) electrons. The van der Waals surface area contributed by atoms with Gasteiger partial charge in [-0.25, -0.2) is 28.0 Å². The highest BCUT2D eigenvalue weighted by molar-refractivity contribution is 5.84. The topological polar surface area (TPSA) is 147 Å².